The number of nitrogens with zero attached hydrogens (tertiary/aromatic N) is 4. The van der Waals surface area contributed by atoms with Gasteiger partial charge in [0.05, 0.1) is 7.05 Å². The second kappa shape index (κ2) is 3.95. The first-order valence-corrected chi connectivity index (χ1v) is 4.39. The zero-order valence-corrected chi connectivity index (χ0v) is 8.16. The Labute approximate surface area is 86.1 Å². The van der Waals surface area contributed by atoms with Gasteiger partial charge in [0.2, 0.25) is 5.82 Å². The summed E-state index contributed by atoms with van der Waals surface area (Å²) in [5.74, 6) is 0.979. The van der Waals surface area contributed by atoms with Gasteiger partial charge in [-0.15, -0.1) is 10.2 Å². The van der Waals surface area contributed by atoms with Crippen LogP contribution in [0.3, 0.4) is 0 Å². The number of rotatable bonds is 3. The highest BCUT2D eigenvalue weighted by atomic mass is 16.5. The number of benzene rings is 1. The molecule has 0 unspecified atom stereocenters. The fourth-order valence-electron chi connectivity index (χ4n) is 1.10. The highest BCUT2D eigenvalue weighted by molar-refractivity contribution is 5.37. The van der Waals surface area contributed by atoms with Crippen LogP contribution in [0.1, 0.15) is 5.82 Å². The molecule has 0 bridgehead atoms. The zero-order valence-electron chi connectivity index (χ0n) is 8.16. The molecule has 2 rings (SSSR count). The molecule has 0 saturated carbocycles. The van der Waals surface area contributed by atoms with E-state index in [1.165, 1.54) is 4.80 Å². The van der Waals surface area contributed by atoms with Crippen molar-refractivity contribution in [2.45, 2.75) is 6.61 Å². The molecule has 1 aromatic heterocycles. The van der Waals surface area contributed by atoms with E-state index in [4.69, 9.17) is 4.74 Å². The van der Waals surface area contributed by atoms with Crippen molar-refractivity contribution in [3.8, 4) is 11.5 Å². The normalized spacial score (nSPS) is 10.2. The number of aryl methyl sites for hydroxylation is 1. The Hall–Kier alpha value is -2.11. The third kappa shape index (κ3) is 2.22. The van der Waals surface area contributed by atoms with E-state index in [2.05, 4.69) is 15.4 Å². The van der Waals surface area contributed by atoms with E-state index in [1.54, 1.807) is 31.3 Å². The van der Waals surface area contributed by atoms with Crippen LogP contribution in [0.5, 0.6) is 11.5 Å². The third-order valence-corrected chi connectivity index (χ3v) is 1.77. The van der Waals surface area contributed by atoms with Gasteiger partial charge in [-0.05, 0) is 17.3 Å². The maximum atomic E-state index is 9.41. The van der Waals surface area contributed by atoms with Gasteiger partial charge in [0, 0.05) is 0 Å². The summed E-state index contributed by atoms with van der Waals surface area (Å²) in [6.07, 6.45) is 0. The molecule has 1 N–H and O–H groups in total. The second-order valence-electron chi connectivity index (χ2n) is 2.95. The summed E-state index contributed by atoms with van der Waals surface area (Å²) in [5, 5.41) is 20.8. The van der Waals surface area contributed by atoms with E-state index in [9.17, 15) is 5.11 Å². The number of aromatic nitrogens is 4. The fraction of sp³-hybridized carbons (Fsp3) is 0.222. The van der Waals surface area contributed by atoms with Gasteiger partial charge < -0.3 is 9.84 Å². The maximum absolute atomic E-state index is 9.41. The number of phenolic OH excluding ortho intramolecular Hbond substituents is 1. The van der Waals surface area contributed by atoms with Crippen molar-refractivity contribution >= 4 is 0 Å². The standard InChI is InChI=1S/C9H10N4O2/c1-13-11-9(10-12-13)6-15-8-5-3-2-4-7(8)14/h2-5,14H,6H2,1H3. The quantitative estimate of drug-likeness (QED) is 0.791. The Bertz CT molecular complexity index is 455. The average Bonchev–Trinajstić information content (AvgIpc) is 2.63. The number of phenols is 1. The van der Waals surface area contributed by atoms with Crippen molar-refractivity contribution in [1.82, 2.24) is 20.2 Å². The van der Waals surface area contributed by atoms with Crippen LogP contribution in [0.25, 0.3) is 0 Å². The highest BCUT2D eigenvalue weighted by Crippen LogP contribution is 2.24. The first kappa shape index (κ1) is 9.45. The molecule has 78 valence electrons. The molecule has 1 aromatic carbocycles. The summed E-state index contributed by atoms with van der Waals surface area (Å²) >= 11 is 0. The molecule has 2 aromatic rings. The van der Waals surface area contributed by atoms with E-state index < -0.39 is 0 Å². The molecular weight excluding hydrogens is 196 g/mol. The van der Waals surface area contributed by atoms with Crippen LogP contribution in [-0.4, -0.2) is 25.3 Å². The van der Waals surface area contributed by atoms with Crippen LogP contribution >= 0.6 is 0 Å². The molecule has 0 fully saturated rings. The smallest absolute Gasteiger partial charge is 0.212 e. The predicted molar refractivity (Wildman–Crippen MR) is 51.2 cm³/mol. The molecular formula is C9H10N4O2. The molecule has 15 heavy (non-hydrogen) atoms. The molecule has 0 spiro atoms. The van der Waals surface area contributed by atoms with Crippen molar-refractivity contribution in [3.05, 3.63) is 30.1 Å². The Morgan fingerprint density at radius 3 is 2.87 bits per heavy atom. The summed E-state index contributed by atoms with van der Waals surface area (Å²) in [7, 11) is 1.68. The van der Waals surface area contributed by atoms with Gasteiger partial charge in [-0.2, -0.15) is 4.80 Å². The van der Waals surface area contributed by atoms with Crippen LogP contribution < -0.4 is 4.74 Å². The molecule has 0 aliphatic carbocycles. The van der Waals surface area contributed by atoms with Gasteiger partial charge in [-0.25, -0.2) is 0 Å². The lowest BCUT2D eigenvalue weighted by atomic mass is 10.3. The van der Waals surface area contributed by atoms with Crippen LogP contribution in [0, 0.1) is 0 Å². The van der Waals surface area contributed by atoms with Gasteiger partial charge in [0.15, 0.2) is 18.1 Å². The van der Waals surface area contributed by atoms with E-state index in [-0.39, 0.29) is 12.4 Å². The van der Waals surface area contributed by atoms with Crippen molar-refractivity contribution in [3.63, 3.8) is 0 Å². The van der Waals surface area contributed by atoms with Crippen LogP contribution in [0.2, 0.25) is 0 Å². The lowest BCUT2D eigenvalue weighted by molar-refractivity contribution is 0.280. The van der Waals surface area contributed by atoms with Crippen molar-refractivity contribution in [2.24, 2.45) is 7.05 Å². The van der Waals surface area contributed by atoms with Gasteiger partial charge in [0.25, 0.3) is 0 Å². The minimum Gasteiger partial charge on any atom is -0.504 e. The number of tetrazole rings is 1. The molecule has 0 radical (unpaired) electrons. The third-order valence-electron chi connectivity index (χ3n) is 1.77. The van der Waals surface area contributed by atoms with Crippen molar-refractivity contribution in [1.29, 1.82) is 0 Å². The van der Waals surface area contributed by atoms with E-state index >= 15 is 0 Å². The van der Waals surface area contributed by atoms with Gasteiger partial charge in [0.1, 0.15) is 0 Å². The highest BCUT2D eigenvalue weighted by Gasteiger charge is 2.04. The Morgan fingerprint density at radius 1 is 1.40 bits per heavy atom. The number of ether oxygens (including phenoxy) is 1. The lowest BCUT2D eigenvalue weighted by Crippen LogP contribution is -1.99. The summed E-state index contributed by atoms with van der Waals surface area (Å²) in [5.41, 5.74) is 0. The van der Waals surface area contributed by atoms with Gasteiger partial charge in [-0.1, -0.05) is 12.1 Å². The SMILES string of the molecule is Cn1nnc(COc2ccccc2O)n1. The van der Waals surface area contributed by atoms with Crippen LogP contribution in [-0.2, 0) is 13.7 Å². The number of hydrogen-bond donors (Lipinski definition) is 1. The number of hydrogen-bond acceptors (Lipinski definition) is 5. The largest absolute Gasteiger partial charge is 0.504 e. The van der Waals surface area contributed by atoms with E-state index in [1.807, 2.05) is 0 Å². The second-order valence-corrected chi connectivity index (χ2v) is 2.95. The van der Waals surface area contributed by atoms with Crippen molar-refractivity contribution < 1.29 is 9.84 Å². The van der Waals surface area contributed by atoms with E-state index in [0.29, 0.717) is 11.6 Å². The number of para-hydroxylation sites is 2. The van der Waals surface area contributed by atoms with Gasteiger partial charge >= 0.3 is 0 Å². The Kier molecular flexibility index (Phi) is 2.49. The first-order valence-electron chi connectivity index (χ1n) is 4.39. The molecule has 0 aliphatic rings. The minimum atomic E-state index is 0.0985. The molecule has 0 saturated heterocycles. The van der Waals surface area contributed by atoms with Crippen LogP contribution in [0.4, 0.5) is 0 Å². The lowest BCUT2D eigenvalue weighted by Gasteiger charge is -2.04. The van der Waals surface area contributed by atoms with E-state index in [0.717, 1.165) is 0 Å². The van der Waals surface area contributed by atoms with Crippen molar-refractivity contribution in [2.75, 3.05) is 0 Å². The molecule has 1 heterocycles. The Morgan fingerprint density at radius 2 is 2.20 bits per heavy atom. The summed E-state index contributed by atoms with van der Waals surface area (Å²) in [6.45, 7) is 0.186. The number of aromatic hydroxyl groups is 1. The summed E-state index contributed by atoms with van der Waals surface area (Å²) < 4.78 is 5.31. The zero-order chi connectivity index (χ0) is 10.7. The fourth-order valence-corrected chi connectivity index (χ4v) is 1.10. The maximum Gasteiger partial charge on any atom is 0.212 e. The molecule has 6 nitrogen and oxygen atoms in total. The molecule has 0 aliphatic heterocycles. The monoisotopic (exact) mass is 206 g/mol. The molecule has 6 heteroatoms. The predicted octanol–water partition coefficient (Wildman–Crippen LogP) is 0.495. The minimum absolute atomic E-state index is 0.0985. The molecule has 0 amide bonds. The molecule has 0 atom stereocenters. The summed E-state index contributed by atoms with van der Waals surface area (Å²) in [6, 6.07) is 6.73. The average molecular weight is 206 g/mol. The van der Waals surface area contributed by atoms with Gasteiger partial charge in [-0.3, -0.25) is 0 Å². The summed E-state index contributed by atoms with van der Waals surface area (Å²) in [4.78, 5) is 1.35. The Balaban J connectivity index is 2.02. The first-order chi connectivity index (χ1) is 7.25. The van der Waals surface area contributed by atoms with Crippen LogP contribution in [0.15, 0.2) is 24.3 Å². The topological polar surface area (TPSA) is 73.1 Å².